The number of aryl methyl sites for hydroxylation is 2. The number of hydrogen-bond donors (Lipinski definition) is 1. The van der Waals surface area contributed by atoms with Gasteiger partial charge in [0, 0.05) is 19.7 Å². The molecular weight excluding hydrogens is 490 g/mol. The van der Waals surface area contributed by atoms with Gasteiger partial charge in [0.2, 0.25) is 11.8 Å². The molecule has 0 aromatic heterocycles. The molecule has 0 radical (unpaired) electrons. The summed E-state index contributed by atoms with van der Waals surface area (Å²) in [5.74, 6) is -0.418. The van der Waals surface area contributed by atoms with E-state index in [0.29, 0.717) is 5.75 Å². The van der Waals surface area contributed by atoms with Gasteiger partial charge in [-0.25, -0.2) is 8.42 Å². The maximum Gasteiger partial charge on any atom is 0.264 e. The van der Waals surface area contributed by atoms with E-state index in [1.165, 1.54) is 31.2 Å². The standard InChI is InChI=1S/C28H33N3O5S/c1-20-13-15-26(16-14-20)37(34,35)31(24-11-8-12-25(17-24)36-5)19-27(32)30(22(3)28(33)29-4)18-23-10-7-6-9-21(23)2/h6-17,22H,18-19H2,1-5H3,(H,29,33). The Hall–Kier alpha value is -3.85. The van der Waals surface area contributed by atoms with E-state index in [2.05, 4.69) is 5.32 Å². The van der Waals surface area contributed by atoms with E-state index in [-0.39, 0.29) is 23.0 Å². The largest absolute Gasteiger partial charge is 0.497 e. The molecule has 9 heteroatoms. The van der Waals surface area contributed by atoms with Crippen molar-refractivity contribution in [2.45, 2.75) is 38.3 Å². The molecule has 0 aliphatic heterocycles. The lowest BCUT2D eigenvalue weighted by molar-refractivity contribution is -0.139. The predicted octanol–water partition coefficient (Wildman–Crippen LogP) is 3.67. The normalized spacial score (nSPS) is 11.9. The summed E-state index contributed by atoms with van der Waals surface area (Å²) < 4.78 is 34.0. The summed E-state index contributed by atoms with van der Waals surface area (Å²) in [5, 5.41) is 2.58. The summed E-state index contributed by atoms with van der Waals surface area (Å²) in [7, 11) is -1.14. The van der Waals surface area contributed by atoms with Crippen molar-refractivity contribution in [3.05, 3.63) is 89.5 Å². The van der Waals surface area contributed by atoms with Gasteiger partial charge in [-0.05, 0) is 56.2 Å². The molecule has 0 heterocycles. The third-order valence-corrected chi connectivity index (χ3v) is 8.03. The number of carbonyl (C=O) groups is 2. The molecule has 0 aliphatic rings. The Bertz CT molecular complexity index is 1360. The van der Waals surface area contributed by atoms with Crippen molar-refractivity contribution in [2.24, 2.45) is 0 Å². The molecule has 196 valence electrons. The minimum absolute atomic E-state index is 0.0542. The van der Waals surface area contributed by atoms with Crippen LogP contribution in [0.4, 0.5) is 5.69 Å². The fourth-order valence-electron chi connectivity index (χ4n) is 3.89. The molecule has 1 N–H and O–H groups in total. The van der Waals surface area contributed by atoms with E-state index in [0.717, 1.165) is 21.0 Å². The van der Waals surface area contributed by atoms with Gasteiger partial charge in [-0.15, -0.1) is 0 Å². The number of anilines is 1. The van der Waals surface area contributed by atoms with E-state index < -0.39 is 28.5 Å². The van der Waals surface area contributed by atoms with Crippen molar-refractivity contribution in [2.75, 3.05) is 25.0 Å². The van der Waals surface area contributed by atoms with E-state index in [1.54, 1.807) is 43.3 Å². The molecular formula is C28H33N3O5S. The molecule has 0 saturated carbocycles. The van der Waals surface area contributed by atoms with Crippen LogP contribution in [0.2, 0.25) is 0 Å². The van der Waals surface area contributed by atoms with Gasteiger partial charge < -0.3 is 15.0 Å². The number of amides is 2. The SMILES string of the molecule is CNC(=O)C(C)N(Cc1ccccc1C)C(=O)CN(c1cccc(OC)c1)S(=O)(=O)c1ccc(C)cc1. The average molecular weight is 524 g/mol. The van der Waals surface area contributed by atoms with Gasteiger partial charge in [-0.1, -0.05) is 48.0 Å². The summed E-state index contributed by atoms with van der Waals surface area (Å²) in [6.07, 6.45) is 0. The number of methoxy groups -OCH3 is 1. The Kier molecular flexibility index (Phi) is 8.94. The zero-order valence-electron chi connectivity index (χ0n) is 21.8. The lowest BCUT2D eigenvalue weighted by Crippen LogP contribution is -2.50. The molecule has 1 unspecified atom stereocenters. The monoisotopic (exact) mass is 523 g/mol. The first-order chi connectivity index (χ1) is 17.6. The lowest BCUT2D eigenvalue weighted by Gasteiger charge is -2.32. The summed E-state index contributed by atoms with van der Waals surface area (Å²) >= 11 is 0. The molecule has 0 aliphatic carbocycles. The molecule has 0 bridgehead atoms. The first-order valence-electron chi connectivity index (χ1n) is 11.9. The molecule has 0 saturated heterocycles. The second-order valence-corrected chi connectivity index (χ2v) is 10.6. The van der Waals surface area contributed by atoms with Crippen LogP contribution in [0.1, 0.15) is 23.6 Å². The van der Waals surface area contributed by atoms with Crippen LogP contribution in [-0.4, -0.2) is 51.9 Å². The Morgan fingerprint density at radius 2 is 1.65 bits per heavy atom. The van der Waals surface area contributed by atoms with E-state index in [9.17, 15) is 18.0 Å². The second-order valence-electron chi connectivity index (χ2n) is 8.76. The highest BCUT2D eigenvalue weighted by Crippen LogP contribution is 2.28. The minimum Gasteiger partial charge on any atom is -0.497 e. The average Bonchev–Trinajstić information content (AvgIpc) is 2.90. The van der Waals surface area contributed by atoms with Crippen molar-refractivity contribution >= 4 is 27.5 Å². The zero-order valence-corrected chi connectivity index (χ0v) is 22.6. The third-order valence-electron chi connectivity index (χ3n) is 6.24. The number of rotatable bonds is 10. The van der Waals surface area contributed by atoms with E-state index in [1.807, 2.05) is 38.1 Å². The van der Waals surface area contributed by atoms with Crippen molar-refractivity contribution in [1.82, 2.24) is 10.2 Å². The maximum atomic E-state index is 13.8. The van der Waals surface area contributed by atoms with Gasteiger partial charge >= 0.3 is 0 Å². The van der Waals surface area contributed by atoms with Crippen molar-refractivity contribution in [1.29, 1.82) is 0 Å². The van der Waals surface area contributed by atoms with Gasteiger partial charge in [-0.2, -0.15) is 0 Å². The molecule has 37 heavy (non-hydrogen) atoms. The zero-order chi connectivity index (χ0) is 27.2. The first-order valence-corrected chi connectivity index (χ1v) is 13.3. The summed E-state index contributed by atoms with van der Waals surface area (Å²) in [4.78, 5) is 27.8. The molecule has 2 amide bonds. The second kappa shape index (κ2) is 11.9. The van der Waals surface area contributed by atoms with Crippen LogP contribution in [0.3, 0.4) is 0 Å². The van der Waals surface area contributed by atoms with Crippen molar-refractivity contribution in [3.8, 4) is 5.75 Å². The van der Waals surface area contributed by atoms with Gasteiger partial charge in [-0.3, -0.25) is 13.9 Å². The number of nitrogens with one attached hydrogen (secondary N) is 1. The van der Waals surface area contributed by atoms with Crippen LogP contribution >= 0.6 is 0 Å². The highest BCUT2D eigenvalue weighted by molar-refractivity contribution is 7.92. The smallest absolute Gasteiger partial charge is 0.264 e. The molecule has 0 fully saturated rings. The fraction of sp³-hybridized carbons (Fsp3) is 0.286. The quantitative estimate of drug-likeness (QED) is 0.438. The van der Waals surface area contributed by atoms with Crippen LogP contribution in [-0.2, 0) is 26.2 Å². The fourth-order valence-corrected chi connectivity index (χ4v) is 5.30. The summed E-state index contributed by atoms with van der Waals surface area (Å²) in [6, 6.07) is 19.7. The number of ether oxygens (including phenoxy) is 1. The number of likely N-dealkylation sites (N-methyl/N-ethyl adjacent to an activating group) is 1. The van der Waals surface area contributed by atoms with Crippen molar-refractivity contribution in [3.63, 3.8) is 0 Å². The number of benzene rings is 3. The molecule has 3 aromatic rings. The van der Waals surface area contributed by atoms with Gasteiger partial charge in [0.15, 0.2) is 0 Å². The maximum absolute atomic E-state index is 13.8. The highest BCUT2D eigenvalue weighted by atomic mass is 32.2. The first kappa shape index (κ1) is 27.7. The van der Waals surface area contributed by atoms with Crippen LogP contribution in [0, 0.1) is 13.8 Å². The number of hydrogen-bond acceptors (Lipinski definition) is 5. The Labute approximate surface area is 218 Å². The molecule has 8 nitrogen and oxygen atoms in total. The highest BCUT2D eigenvalue weighted by Gasteiger charge is 2.32. The van der Waals surface area contributed by atoms with E-state index >= 15 is 0 Å². The van der Waals surface area contributed by atoms with Crippen LogP contribution in [0.25, 0.3) is 0 Å². The van der Waals surface area contributed by atoms with E-state index in [4.69, 9.17) is 4.74 Å². The number of carbonyl (C=O) groups excluding carboxylic acids is 2. The van der Waals surface area contributed by atoms with Gasteiger partial charge in [0.25, 0.3) is 10.0 Å². The van der Waals surface area contributed by atoms with Crippen molar-refractivity contribution < 1.29 is 22.7 Å². The topological polar surface area (TPSA) is 96.0 Å². The number of sulfonamides is 1. The molecule has 3 aromatic carbocycles. The van der Waals surface area contributed by atoms with Crippen LogP contribution < -0.4 is 14.4 Å². The lowest BCUT2D eigenvalue weighted by atomic mass is 10.1. The van der Waals surface area contributed by atoms with Gasteiger partial charge in [0.1, 0.15) is 18.3 Å². The Balaban J connectivity index is 2.06. The van der Waals surface area contributed by atoms with Gasteiger partial charge in [0.05, 0.1) is 17.7 Å². The summed E-state index contributed by atoms with van der Waals surface area (Å²) in [6.45, 7) is 5.06. The molecule has 3 rings (SSSR count). The molecule has 1 atom stereocenters. The molecule has 0 spiro atoms. The summed E-state index contributed by atoms with van der Waals surface area (Å²) in [5.41, 5.74) is 3.01. The van der Waals surface area contributed by atoms with Crippen LogP contribution in [0.5, 0.6) is 5.75 Å². The predicted molar refractivity (Wildman–Crippen MR) is 144 cm³/mol. The Morgan fingerprint density at radius 1 is 0.973 bits per heavy atom. The number of nitrogens with zero attached hydrogens (tertiary/aromatic N) is 2. The minimum atomic E-state index is -4.13. The third kappa shape index (κ3) is 6.48. The Morgan fingerprint density at radius 3 is 2.27 bits per heavy atom. The van der Waals surface area contributed by atoms with Crippen LogP contribution in [0.15, 0.2) is 77.7 Å².